The van der Waals surface area contributed by atoms with Crippen molar-refractivity contribution in [2.24, 2.45) is 0 Å². The number of amides is 1. The monoisotopic (exact) mass is 364 g/mol. The van der Waals surface area contributed by atoms with E-state index in [1.807, 2.05) is 37.3 Å². The summed E-state index contributed by atoms with van der Waals surface area (Å²) >= 11 is 0. The minimum Gasteiger partial charge on any atom is -0.382 e. The van der Waals surface area contributed by atoms with Gasteiger partial charge in [0.1, 0.15) is 11.6 Å². The van der Waals surface area contributed by atoms with E-state index >= 15 is 0 Å². The van der Waals surface area contributed by atoms with Crippen molar-refractivity contribution in [2.45, 2.75) is 38.5 Å². The first kappa shape index (κ1) is 20.0. The van der Waals surface area contributed by atoms with Crippen LogP contribution in [0.1, 0.15) is 18.1 Å². The summed E-state index contributed by atoms with van der Waals surface area (Å²) in [5.41, 5.74) is 2.61. The summed E-state index contributed by atoms with van der Waals surface area (Å²) in [6.07, 6.45) is -3.17. The molecule has 4 N–H and O–H groups in total. The third kappa shape index (κ3) is 4.63. The summed E-state index contributed by atoms with van der Waals surface area (Å²) in [5.74, 6) is -1.13. The average molecular weight is 364 g/mol. The summed E-state index contributed by atoms with van der Waals surface area (Å²) in [6, 6.07) is 13.7. The molecule has 0 saturated heterocycles. The number of hydrogen-bond donors (Lipinski definition) is 4. The highest BCUT2D eigenvalue weighted by molar-refractivity contribution is 5.82. The maximum atomic E-state index is 13.0. The zero-order valence-corrected chi connectivity index (χ0v) is 14.5. The molecule has 5 nitrogen and oxygen atoms in total. The summed E-state index contributed by atoms with van der Waals surface area (Å²) < 4.78 is 26.0. The first-order chi connectivity index (χ1) is 12.3. The molecule has 0 aliphatic rings. The molecular weight excluding hydrogens is 342 g/mol. The van der Waals surface area contributed by atoms with Crippen molar-refractivity contribution < 1.29 is 23.9 Å². The molecule has 0 radical (unpaired) electrons. The van der Waals surface area contributed by atoms with E-state index < -0.39 is 24.0 Å². The van der Waals surface area contributed by atoms with Gasteiger partial charge in [0, 0.05) is 6.54 Å². The Morgan fingerprint density at radius 2 is 1.81 bits per heavy atom. The number of nitrogens with one attached hydrogen (secondary N) is 2. The molecule has 140 valence electrons. The lowest BCUT2D eigenvalue weighted by Gasteiger charge is -2.31. The first-order valence-corrected chi connectivity index (χ1v) is 8.09. The zero-order valence-electron chi connectivity index (χ0n) is 14.5. The normalized spacial score (nSPS) is 14.7. The molecule has 26 heavy (non-hydrogen) atoms. The Morgan fingerprint density at radius 1 is 1.15 bits per heavy atom. The van der Waals surface area contributed by atoms with E-state index in [9.17, 15) is 18.7 Å². The van der Waals surface area contributed by atoms with Crippen LogP contribution in [-0.2, 0) is 11.3 Å². The predicted molar refractivity (Wildman–Crippen MR) is 93.8 cm³/mol. The molecule has 0 unspecified atom stereocenters. The third-order valence-corrected chi connectivity index (χ3v) is 4.21. The van der Waals surface area contributed by atoms with E-state index in [4.69, 9.17) is 5.21 Å². The highest BCUT2D eigenvalue weighted by Crippen LogP contribution is 2.22. The van der Waals surface area contributed by atoms with Crippen LogP contribution in [0.25, 0.3) is 11.1 Å². The SMILES string of the molecule is Cc1cccc(-c2ccc(CN[C@H](C(=O)NO)[C@](C)(O)C(F)F)cc2)c1. The van der Waals surface area contributed by atoms with Crippen LogP contribution in [0.15, 0.2) is 48.5 Å². The number of rotatable bonds is 7. The van der Waals surface area contributed by atoms with Crippen LogP contribution in [0.2, 0.25) is 0 Å². The Balaban J connectivity index is 2.11. The Bertz CT molecular complexity index is 749. The lowest BCUT2D eigenvalue weighted by Crippen LogP contribution is -2.60. The standard InChI is InChI=1S/C19H22F2N2O3/c1-12-4-3-5-15(10-12)14-8-6-13(7-9-14)11-22-16(17(24)23-26)19(2,25)18(20)21/h3-10,16,18,22,25-26H,11H2,1-2H3,(H,23,24)/t16-,19+/m1/s1. The molecule has 0 aliphatic heterocycles. The lowest BCUT2D eigenvalue weighted by molar-refractivity contribution is -0.150. The summed E-state index contributed by atoms with van der Waals surface area (Å²) in [5, 5.41) is 21.2. The maximum Gasteiger partial charge on any atom is 0.268 e. The molecule has 1 amide bonds. The molecule has 0 bridgehead atoms. The van der Waals surface area contributed by atoms with Gasteiger partial charge in [-0.3, -0.25) is 15.3 Å². The van der Waals surface area contributed by atoms with E-state index in [-0.39, 0.29) is 6.54 Å². The van der Waals surface area contributed by atoms with Crippen molar-refractivity contribution in [3.8, 4) is 11.1 Å². The molecule has 0 spiro atoms. The van der Waals surface area contributed by atoms with Gasteiger partial charge in [-0.2, -0.15) is 0 Å². The molecule has 0 aromatic heterocycles. The number of halogens is 2. The number of aliphatic hydroxyl groups is 1. The molecular formula is C19H22F2N2O3. The summed E-state index contributed by atoms with van der Waals surface area (Å²) in [4.78, 5) is 11.6. The molecule has 7 heteroatoms. The van der Waals surface area contributed by atoms with Crippen molar-refractivity contribution in [3.05, 3.63) is 59.7 Å². The Hall–Kier alpha value is -2.35. The number of carbonyl (C=O) groups excluding carboxylic acids is 1. The fourth-order valence-corrected chi connectivity index (χ4v) is 2.61. The van der Waals surface area contributed by atoms with Crippen LogP contribution in [-0.4, -0.2) is 34.3 Å². The van der Waals surface area contributed by atoms with E-state index in [0.29, 0.717) is 0 Å². The number of benzene rings is 2. The van der Waals surface area contributed by atoms with Gasteiger partial charge < -0.3 is 5.11 Å². The maximum absolute atomic E-state index is 13.0. The molecule has 2 rings (SSSR count). The minimum absolute atomic E-state index is 0.0645. The molecule has 0 aliphatic carbocycles. The van der Waals surface area contributed by atoms with Crippen LogP contribution >= 0.6 is 0 Å². The molecule has 2 aromatic carbocycles. The Kier molecular flexibility index (Phi) is 6.42. The number of alkyl halides is 2. The quantitative estimate of drug-likeness (QED) is 0.450. The summed E-state index contributed by atoms with van der Waals surface area (Å²) in [6.45, 7) is 2.91. The van der Waals surface area contributed by atoms with Gasteiger partial charge in [0.25, 0.3) is 12.3 Å². The highest BCUT2D eigenvalue weighted by Gasteiger charge is 2.44. The highest BCUT2D eigenvalue weighted by atomic mass is 19.3. The first-order valence-electron chi connectivity index (χ1n) is 8.09. The molecule has 2 atom stereocenters. The smallest absolute Gasteiger partial charge is 0.268 e. The van der Waals surface area contributed by atoms with E-state index in [0.717, 1.165) is 29.2 Å². The van der Waals surface area contributed by atoms with Gasteiger partial charge in [-0.05, 0) is 30.5 Å². The van der Waals surface area contributed by atoms with Crippen LogP contribution < -0.4 is 10.8 Å². The summed E-state index contributed by atoms with van der Waals surface area (Å²) in [7, 11) is 0. The van der Waals surface area contributed by atoms with Crippen LogP contribution in [0.3, 0.4) is 0 Å². The van der Waals surface area contributed by atoms with Gasteiger partial charge >= 0.3 is 0 Å². The number of hydrogen-bond acceptors (Lipinski definition) is 4. The van der Waals surface area contributed by atoms with Crippen LogP contribution in [0.4, 0.5) is 8.78 Å². The number of carbonyl (C=O) groups is 1. The van der Waals surface area contributed by atoms with E-state index in [1.54, 1.807) is 12.1 Å². The van der Waals surface area contributed by atoms with Crippen molar-refractivity contribution in [1.82, 2.24) is 10.8 Å². The fourth-order valence-electron chi connectivity index (χ4n) is 2.61. The minimum atomic E-state index is -3.17. The van der Waals surface area contributed by atoms with Gasteiger partial charge in [-0.25, -0.2) is 14.3 Å². The molecule has 2 aromatic rings. The topological polar surface area (TPSA) is 81.6 Å². The second-order valence-electron chi connectivity index (χ2n) is 6.38. The third-order valence-electron chi connectivity index (χ3n) is 4.21. The average Bonchev–Trinajstić information content (AvgIpc) is 2.61. The molecule has 0 heterocycles. The lowest BCUT2D eigenvalue weighted by atomic mass is 9.95. The Labute approximate surface area is 150 Å². The largest absolute Gasteiger partial charge is 0.382 e. The number of aryl methyl sites for hydroxylation is 1. The van der Waals surface area contributed by atoms with Gasteiger partial charge in [-0.15, -0.1) is 0 Å². The van der Waals surface area contributed by atoms with Gasteiger partial charge in [0.15, 0.2) is 0 Å². The number of hydroxylamine groups is 1. The van der Waals surface area contributed by atoms with E-state index in [1.165, 1.54) is 5.48 Å². The van der Waals surface area contributed by atoms with Gasteiger partial charge in [0.05, 0.1) is 0 Å². The van der Waals surface area contributed by atoms with E-state index in [2.05, 4.69) is 11.4 Å². The van der Waals surface area contributed by atoms with Gasteiger partial charge in [0.2, 0.25) is 0 Å². The van der Waals surface area contributed by atoms with Crippen molar-refractivity contribution >= 4 is 5.91 Å². The predicted octanol–water partition coefficient (Wildman–Crippen LogP) is 2.64. The van der Waals surface area contributed by atoms with Crippen molar-refractivity contribution in [3.63, 3.8) is 0 Å². The molecule has 0 saturated carbocycles. The second-order valence-corrected chi connectivity index (χ2v) is 6.38. The van der Waals surface area contributed by atoms with Crippen LogP contribution in [0.5, 0.6) is 0 Å². The van der Waals surface area contributed by atoms with Crippen molar-refractivity contribution in [1.29, 1.82) is 0 Å². The zero-order chi connectivity index (χ0) is 19.3. The fraction of sp³-hybridized carbons (Fsp3) is 0.316. The van der Waals surface area contributed by atoms with Crippen LogP contribution in [0, 0.1) is 6.92 Å². The van der Waals surface area contributed by atoms with Crippen molar-refractivity contribution in [2.75, 3.05) is 0 Å². The van der Waals surface area contributed by atoms with Gasteiger partial charge in [-0.1, -0.05) is 54.1 Å². The molecule has 0 fully saturated rings. The Morgan fingerprint density at radius 3 is 2.35 bits per heavy atom. The second kappa shape index (κ2) is 8.35.